The molecule has 4 aromatic carbocycles. The summed E-state index contributed by atoms with van der Waals surface area (Å²) in [6, 6.07) is 35.3. The van der Waals surface area contributed by atoms with Gasteiger partial charge in [0.05, 0.1) is 34.3 Å². The van der Waals surface area contributed by atoms with Gasteiger partial charge in [-0.05, 0) is 72.7 Å². The Kier molecular flexibility index (Phi) is 8.31. The van der Waals surface area contributed by atoms with Gasteiger partial charge in [-0.1, -0.05) is 60.7 Å². The number of carbonyl (C=O) groups excluding carboxylic acids is 1. The first-order valence-corrected chi connectivity index (χ1v) is 15.0. The smallest absolute Gasteiger partial charge is 0.338 e. The van der Waals surface area contributed by atoms with Crippen molar-refractivity contribution in [2.75, 3.05) is 6.61 Å². The van der Waals surface area contributed by atoms with Crippen LogP contribution >= 0.6 is 11.3 Å². The van der Waals surface area contributed by atoms with Crippen LogP contribution in [0.5, 0.6) is 23.0 Å². The van der Waals surface area contributed by atoms with E-state index in [1.807, 2.05) is 84.9 Å². The number of aromatic nitrogens is 1. The van der Waals surface area contributed by atoms with Gasteiger partial charge in [-0.3, -0.25) is 9.36 Å². The van der Waals surface area contributed by atoms with Gasteiger partial charge in [0.15, 0.2) is 0 Å². The Bertz CT molecular complexity index is 2140. The maximum absolute atomic E-state index is 13.8. The second-order valence-corrected chi connectivity index (χ2v) is 11.0. The molecule has 0 fully saturated rings. The molecule has 0 aliphatic carbocycles. The number of esters is 1. The number of thiazole rings is 1. The second-order valence-electron chi connectivity index (χ2n) is 10.0. The number of nitrogens with two attached hydrogens (primary N) is 1. The van der Waals surface area contributed by atoms with Crippen molar-refractivity contribution in [2.24, 2.45) is 5.73 Å². The summed E-state index contributed by atoms with van der Waals surface area (Å²) >= 11 is 1.13. The molecule has 1 unspecified atom stereocenters. The van der Waals surface area contributed by atoms with Crippen LogP contribution in [0.1, 0.15) is 24.0 Å². The van der Waals surface area contributed by atoms with Crippen molar-refractivity contribution in [3.8, 4) is 29.1 Å². The van der Waals surface area contributed by atoms with Crippen LogP contribution in [-0.2, 0) is 9.53 Å². The zero-order chi connectivity index (χ0) is 31.3. The zero-order valence-corrected chi connectivity index (χ0v) is 25.0. The third-order valence-electron chi connectivity index (χ3n) is 7.07. The third-order valence-corrected chi connectivity index (χ3v) is 8.18. The zero-order valence-electron chi connectivity index (χ0n) is 24.2. The number of hydrogen-bond acceptors (Lipinski definition) is 8. The lowest BCUT2D eigenvalue weighted by atomic mass is 9.83. The van der Waals surface area contributed by atoms with E-state index in [1.165, 1.54) is 4.57 Å². The molecule has 1 aliphatic heterocycles. The fraction of sp³-hybridized carbons (Fsp3) is 0.0833. The van der Waals surface area contributed by atoms with Crippen molar-refractivity contribution in [1.29, 1.82) is 5.26 Å². The standard InChI is InChI=1S/C36H27N3O5S/c1-2-42-36(41)32-31(24-12-10-18-28(21-24)44-26-15-7-4-8-16-26)29(22-37)35-39(33(32)38)34(40)30(45-35)20-23-11-9-17-27(19-23)43-25-13-5-3-6-14-25/h3-21,31H,2,38H2,1H3/b30-20+. The highest BCUT2D eigenvalue weighted by molar-refractivity contribution is 7.07. The molecule has 0 bridgehead atoms. The number of fused-ring (bicyclic) bond motifs is 1. The first-order valence-electron chi connectivity index (χ1n) is 14.2. The van der Waals surface area contributed by atoms with Crippen molar-refractivity contribution in [2.45, 2.75) is 12.8 Å². The lowest BCUT2D eigenvalue weighted by molar-refractivity contribution is -0.138. The Hall–Kier alpha value is -5.85. The quantitative estimate of drug-likeness (QED) is 0.230. The monoisotopic (exact) mass is 613 g/mol. The first kappa shape index (κ1) is 29.2. The van der Waals surface area contributed by atoms with Crippen molar-refractivity contribution < 1.29 is 19.0 Å². The third kappa shape index (κ3) is 6.00. The molecule has 222 valence electrons. The van der Waals surface area contributed by atoms with Crippen molar-refractivity contribution in [1.82, 2.24) is 4.57 Å². The second kappa shape index (κ2) is 12.8. The molecule has 5 aromatic rings. The minimum Gasteiger partial charge on any atom is -0.463 e. The fourth-order valence-electron chi connectivity index (χ4n) is 5.12. The number of ether oxygens (including phenoxy) is 3. The molecular formula is C36H27N3O5S. The minimum atomic E-state index is -0.887. The highest BCUT2D eigenvalue weighted by Crippen LogP contribution is 2.38. The first-order chi connectivity index (χ1) is 22.0. The maximum atomic E-state index is 13.8. The van der Waals surface area contributed by atoms with Crippen molar-refractivity contribution >= 4 is 34.8 Å². The normalized spacial score (nSPS) is 14.4. The molecular weight excluding hydrogens is 586 g/mol. The van der Waals surface area contributed by atoms with Crippen LogP contribution in [0, 0.1) is 11.3 Å². The summed E-state index contributed by atoms with van der Waals surface area (Å²) in [4.78, 5) is 27.2. The van der Waals surface area contributed by atoms with Crippen LogP contribution in [0.4, 0.5) is 0 Å². The summed E-state index contributed by atoms with van der Waals surface area (Å²) in [6.07, 6.45) is 1.71. The van der Waals surface area contributed by atoms with E-state index in [1.54, 1.807) is 37.3 Å². The SMILES string of the molecule is CCOC(=O)C1=C(N)n2c(s/c(=C/c3cccc(Oc4ccccc4)c3)c2=O)=C(C#N)C1c1cccc(Oc2ccccc2)c1. The van der Waals surface area contributed by atoms with Gasteiger partial charge in [0.1, 0.15) is 33.5 Å². The van der Waals surface area contributed by atoms with E-state index in [9.17, 15) is 14.9 Å². The molecule has 9 heteroatoms. The highest BCUT2D eigenvalue weighted by atomic mass is 32.1. The van der Waals surface area contributed by atoms with Gasteiger partial charge >= 0.3 is 5.97 Å². The van der Waals surface area contributed by atoms with E-state index in [0.717, 1.165) is 11.3 Å². The van der Waals surface area contributed by atoms with E-state index < -0.39 is 17.4 Å². The van der Waals surface area contributed by atoms with Gasteiger partial charge in [-0.15, -0.1) is 11.3 Å². The van der Waals surface area contributed by atoms with E-state index in [-0.39, 0.29) is 23.6 Å². The number of carbonyl (C=O) groups is 1. The van der Waals surface area contributed by atoms with E-state index in [0.29, 0.717) is 43.3 Å². The van der Waals surface area contributed by atoms with E-state index >= 15 is 0 Å². The van der Waals surface area contributed by atoms with Gasteiger partial charge in [0, 0.05) is 0 Å². The van der Waals surface area contributed by atoms with Gasteiger partial charge in [-0.25, -0.2) is 4.79 Å². The van der Waals surface area contributed by atoms with Gasteiger partial charge < -0.3 is 19.9 Å². The molecule has 8 nitrogen and oxygen atoms in total. The largest absolute Gasteiger partial charge is 0.463 e. The van der Waals surface area contributed by atoms with Crippen LogP contribution in [0.25, 0.3) is 17.5 Å². The Balaban J connectivity index is 1.48. The molecule has 0 spiro atoms. The number of nitrogens with zero attached hydrogens (tertiary/aromatic N) is 2. The molecule has 0 saturated carbocycles. The number of nitriles is 1. The summed E-state index contributed by atoms with van der Waals surface area (Å²) in [7, 11) is 0. The molecule has 6 rings (SSSR count). The molecule has 0 saturated heterocycles. The Morgan fingerprint density at radius 3 is 2.11 bits per heavy atom. The highest BCUT2D eigenvalue weighted by Gasteiger charge is 2.36. The molecule has 45 heavy (non-hydrogen) atoms. The molecule has 0 radical (unpaired) electrons. The molecule has 2 heterocycles. The van der Waals surface area contributed by atoms with Crippen LogP contribution in [0.15, 0.2) is 120 Å². The Morgan fingerprint density at radius 1 is 0.889 bits per heavy atom. The van der Waals surface area contributed by atoms with Crippen molar-refractivity contribution in [3.63, 3.8) is 0 Å². The van der Waals surface area contributed by atoms with Crippen molar-refractivity contribution in [3.05, 3.63) is 145 Å². The number of rotatable bonds is 8. The van der Waals surface area contributed by atoms with E-state index in [4.69, 9.17) is 19.9 Å². The van der Waals surface area contributed by atoms with Gasteiger partial charge in [0.2, 0.25) is 0 Å². The Morgan fingerprint density at radius 2 is 1.49 bits per heavy atom. The number of benzene rings is 4. The van der Waals surface area contributed by atoms with Crippen LogP contribution in [-0.4, -0.2) is 17.1 Å². The summed E-state index contributed by atoms with van der Waals surface area (Å²) in [5, 5.41) is 10.5. The van der Waals surface area contributed by atoms with Gasteiger partial charge in [0.25, 0.3) is 5.56 Å². The minimum absolute atomic E-state index is 0.0162. The average molecular weight is 614 g/mol. The average Bonchev–Trinajstić information content (AvgIpc) is 3.37. The number of para-hydroxylation sites is 2. The predicted molar refractivity (Wildman–Crippen MR) is 173 cm³/mol. The molecule has 0 amide bonds. The molecule has 1 aromatic heterocycles. The molecule has 1 atom stereocenters. The molecule has 1 aliphatic rings. The summed E-state index contributed by atoms with van der Waals surface area (Å²) in [6.45, 7) is 1.77. The lowest BCUT2D eigenvalue weighted by Gasteiger charge is -2.25. The van der Waals surface area contributed by atoms with E-state index in [2.05, 4.69) is 6.07 Å². The van der Waals surface area contributed by atoms with Gasteiger partial charge in [-0.2, -0.15) is 5.26 Å². The molecule has 2 N–H and O–H groups in total. The lowest BCUT2D eigenvalue weighted by Crippen LogP contribution is -2.40. The topological polar surface area (TPSA) is 117 Å². The van der Waals surface area contributed by atoms with Crippen LogP contribution < -0.4 is 30.0 Å². The fourth-order valence-corrected chi connectivity index (χ4v) is 6.25. The Labute approximate surface area is 262 Å². The van der Waals surface area contributed by atoms with Crippen LogP contribution in [0.3, 0.4) is 0 Å². The summed E-state index contributed by atoms with van der Waals surface area (Å²) in [5.74, 6) is 0.756. The summed E-state index contributed by atoms with van der Waals surface area (Å²) < 4.78 is 19.3. The predicted octanol–water partition coefficient (Wildman–Crippen LogP) is 5.49. The van der Waals surface area contributed by atoms with Crippen LogP contribution in [0.2, 0.25) is 0 Å². The maximum Gasteiger partial charge on any atom is 0.338 e. The summed E-state index contributed by atoms with van der Waals surface area (Å²) in [5.41, 5.74) is 7.68. The number of hydrogen-bond donors (Lipinski definition) is 1.